The predicted octanol–water partition coefficient (Wildman–Crippen LogP) is 9.54. The van der Waals surface area contributed by atoms with Gasteiger partial charge in [-0.05, 0) is 89.6 Å². The van der Waals surface area contributed by atoms with Gasteiger partial charge in [-0.15, -0.1) is 0 Å². The molecule has 0 aliphatic rings. The summed E-state index contributed by atoms with van der Waals surface area (Å²) in [6.07, 6.45) is 0. The van der Waals surface area contributed by atoms with Crippen molar-refractivity contribution in [1.29, 1.82) is 0 Å². The van der Waals surface area contributed by atoms with Gasteiger partial charge in [0.15, 0.2) is 10.9 Å². The van der Waals surface area contributed by atoms with Crippen LogP contribution < -0.4 is 10.9 Å². The van der Waals surface area contributed by atoms with E-state index in [4.69, 9.17) is 0 Å². The molecule has 9 rings (SSSR count). The highest BCUT2D eigenvalue weighted by molar-refractivity contribution is 6.29. The molecule has 0 aliphatic heterocycles. The maximum Gasteiger partial charge on any atom is 0.194 e. The first-order valence-electron chi connectivity index (χ1n) is 14.2. The summed E-state index contributed by atoms with van der Waals surface area (Å²) >= 11 is 0. The molecule has 0 saturated heterocycles. The Balaban J connectivity index is 1.61. The highest BCUT2D eigenvalue weighted by Gasteiger charge is 2.22. The van der Waals surface area contributed by atoms with Crippen molar-refractivity contribution in [1.82, 2.24) is 0 Å². The minimum Gasteiger partial charge on any atom is -0.289 e. The highest BCUT2D eigenvalue weighted by Crippen LogP contribution is 2.47. The first-order chi connectivity index (χ1) is 20.7. The Hall–Kier alpha value is -5.60. The Morgan fingerprint density at radius 1 is 0.262 bits per heavy atom. The molecule has 0 fully saturated rings. The Bertz CT molecular complexity index is 2450. The summed E-state index contributed by atoms with van der Waals surface area (Å²) in [6, 6.07) is 45.2. The second kappa shape index (κ2) is 8.45. The third-order valence-electron chi connectivity index (χ3n) is 8.93. The molecule has 2 heteroatoms. The maximum atomic E-state index is 13.7. The van der Waals surface area contributed by atoms with E-state index in [1.807, 2.05) is 60.7 Å². The van der Waals surface area contributed by atoms with Gasteiger partial charge in [-0.2, -0.15) is 0 Å². The molecule has 0 aromatic heterocycles. The summed E-state index contributed by atoms with van der Waals surface area (Å²) in [6.45, 7) is 0. The van der Waals surface area contributed by atoms with Crippen LogP contribution >= 0.6 is 0 Å². The molecular formula is C40H22O2. The summed E-state index contributed by atoms with van der Waals surface area (Å²) in [4.78, 5) is 27.4. The molecule has 42 heavy (non-hydrogen) atoms. The van der Waals surface area contributed by atoms with E-state index < -0.39 is 0 Å². The first kappa shape index (κ1) is 23.1. The van der Waals surface area contributed by atoms with E-state index in [0.717, 1.165) is 86.9 Å². The summed E-state index contributed by atoms with van der Waals surface area (Å²) in [5.41, 5.74) is 4.44. The molecule has 0 N–H and O–H groups in total. The van der Waals surface area contributed by atoms with Crippen molar-refractivity contribution in [3.63, 3.8) is 0 Å². The molecule has 9 aromatic carbocycles. The molecule has 0 heterocycles. The van der Waals surface area contributed by atoms with Crippen LogP contribution in [0, 0.1) is 0 Å². The third-order valence-corrected chi connectivity index (χ3v) is 8.93. The number of benzene rings is 7. The smallest absolute Gasteiger partial charge is 0.194 e. The van der Waals surface area contributed by atoms with Crippen LogP contribution in [0.15, 0.2) is 143 Å². The molecular weight excluding hydrogens is 512 g/mol. The van der Waals surface area contributed by atoms with Crippen molar-refractivity contribution in [2.24, 2.45) is 0 Å². The van der Waals surface area contributed by atoms with Gasteiger partial charge in [0, 0.05) is 21.5 Å². The van der Waals surface area contributed by atoms with Crippen molar-refractivity contribution in [3.05, 3.63) is 154 Å². The van der Waals surface area contributed by atoms with Gasteiger partial charge in [0.2, 0.25) is 0 Å². The summed E-state index contributed by atoms with van der Waals surface area (Å²) in [5, 5.41) is 11.0. The molecule has 194 valence electrons. The molecule has 0 radical (unpaired) electrons. The van der Waals surface area contributed by atoms with Crippen LogP contribution in [0.5, 0.6) is 0 Å². The minimum absolute atomic E-state index is 0.0661. The topological polar surface area (TPSA) is 34.1 Å². The average Bonchev–Trinajstić information content (AvgIpc) is 3.48. The van der Waals surface area contributed by atoms with Crippen LogP contribution in [0.1, 0.15) is 0 Å². The molecule has 0 saturated carbocycles. The summed E-state index contributed by atoms with van der Waals surface area (Å²) in [5.74, 6) is 0. The molecule has 0 aliphatic carbocycles. The fourth-order valence-corrected chi connectivity index (χ4v) is 7.09. The van der Waals surface area contributed by atoms with Crippen molar-refractivity contribution in [3.8, 4) is 22.3 Å². The van der Waals surface area contributed by atoms with Gasteiger partial charge >= 0.3 is 0 Å². The van der Waals surface area contributed by atoms with Gasteiger partial charge in [0.1, 0.15) is 0 Å². The number of fused-ring (bicyclic) bond motifs is 8. The first-order valence-corrected chi connectivity index (χ1v) is 14.2. The monoisotopic (exact) mass is 534 g/mol. The minimum atomic E-state index is 0.0661. The molecule has 0 unspecified atom stereocenters. The lowest BCUT2D eigenvalue weighted by atomic mass is 9.84. The zero-order valence-electron chi connectivity index (χ0n) is 22.5. The van der Waals surface area contributed by atoms with Gasteiger partial charge in [-0.25, -0.2) is 0 Å². The lowest BCUT2D eigenvalue weighted by molar-refractivity contribution is 1.67. The Kier molecular flexibility index (Phi) is 4.66. The third kappa shape index (κ3) is 3.04. The standard InChI is InChI=1S/C40H22O2/c41-39-28-18-10-8-16-26(28)30-20-32-33(21-35(30)39)37(23-11-3-1-4-12-23)31-19-29-25-15-7-9-17-27(25)40(42)36(29)22-34(31)38(32)24-13-5-2-6-14-24/h1-22H. The second-order valence-corrected chi connectivity index (χ2v) is 11.1. The molecule has 0 atom stereocenters. The fraction of sp³-hybridized carbons (Fsp3) is 0. The van der Waals surface area contributed by atoms with Gasteiger partial charge in [0.25, 0.3) is 0 Å². The Labute approximate surface area is 240 Å². The molecule has 2 nitrogen and oxygen atoms in total. The van der Waals surface area contributed by atoms with Crippen LogP contribution in [0.4, 0.5) is 0 Å². The van der Waals surface area contributed by atoms with Crippen molar-refractivity contribution in [2.45, 2.75) is 0 Å². The van der Waals surface area contributed by atoms with E-state index in [9.17, 15) is 9.59 Å². The Morgan fingerprint density at radius 2 is 0.571 bits per heavy atom. The molecule has 0 spiro atoms. The van der Waals surface area contributed by atoms with Crippen molar-refractivity contribution >= 4 is 64.6 Å². The quantitative estimate of drug-likeness (QED) is 0.207. The van der Waals surface area contributed by atoms with E-state index in [1.54, 1.807) is 0 Å². The van der Waals surface area contributed by atoms with Gasteiger partial charge in [-0.1, -0.05) is 109 Å². The van der Waals surface area contributed by atoms with Crippen LogP contribution in [0.2, 0.25) is 0 Å². The Morgan fingerprint density at radius 3 is 0.952 bits per heavy atom. The molecule has 0 bridgehead atoms. The number of hydrogen-bond donors (Lipinski definition) is 0. The number of hydrogen-bond acceptors (Lipinski definition) is 2. The van der Waals surface area contributed by atoms with E-state index >= 15 is 0 Å². The van der Waals surface area contributed by atoms with Crippen molar-refractivity contribution < 1.29 is 0 Å². The van der Waals surface area contributed by atoms with Crippen LogP contribution in [0.25, 0.3) is 86.9 Å². The lowest BCUT2D eigenvalue weighted by Crippen LogP contribution is -1.97. The fourth-order valence-electron chi connectivity index (χ4n) is 7.09. The normalized spacial score (nSPS) is 12.0. The average molecular weight is 535 g/mol. The van der Waals surface area contributed by atoms with Crippen LogP contribution in [-0.4, -0.2) is 0 Å². The molecule has 0 amide bonds. The van der Waals surface area contributed by atoms with E-state index in [0.29, 0.717) is 0 Å². The van der Waals surface area contributed by atoms with E-state index in [1.165, 1.54) is 0 Å². The lowest BCUT2D eigenvalue weighted by Gasteiger charge is -2.18. The second-order valence-electron chi connectivity index (χ2n) is 11.1. The maximum absolute atomic E-state index is 13.7. The largest absolute Gasteiger partial charge is 0.289 e. The van der Waals surface area contributed by atoms with Gasteiger partial charge in [0.05, 0.1) is 0 Å². The number of rotatable bonds is 2. The van der Waals surface area contributed by atoms with E-state index in [2.05, 4.69) is 72.8 Å². The van der Waals surface area contributed by atoms with Gasteiger partial charge < -0.3 is 0 Å². The van der Waals surface area contributed by atoms with Crippen LogP contribution in [0.3, 0.4) is 0 Å². The zero-order valence-corrected chi connectivity index (χ0v) is 22.5. The SMILES string of the molecule is O=c1c2ccccc2c2cc3c(-c4ccccc4)c4cc5c(=O)c6ccccc6c5cc4c(-c4ccccc4)c3cc12. The van der Waals surface area contributed by atoms with E-state index in [-0.39, 0.29) is 10.9 Å². The highest BCUT2D eigenvalue weighted by atomic mass is 16.1. The molecule has 9 aromatic rings. The van der Waals surface area contributed by atoms with Crippen molar-refractivity contribution in [2.75, 3.05) is 0 Å². The zero-order chi connectivity index (χ0) is 27.9. The predicted molar refractivity (Wildman–Crippen MR) is 177 cm³/mol. The summed E-state index contributed by atoms with van der Waals surface area (Å²) in [7, 11) is 0. The van der Waals surface area contributed by atoms with Gasteiger partial charge in [-0.3, -0.25) is 9.59 Å². The summed E-state index contributed by atoms with van der Waals surface area (Å²) < 4.78 is 0. The van der Waals surface area contributed by atoms with Crippen LogP contribution in [-0.2, 0) is 0 Å².